The molecule has 2 fully saturated rings. The number of carboxylic acid groups (broad SMARTS) is 1. The third-order valence-electron chi connectivity index (χ3n) is 6.53. The van der Waals surface area contributed by atoms with Crippen molar-refractivity contribution in [3.8, 4) is 5.75 Å². The fourth-order valence-corrected chi connectivity index (χ4v) is 5.02. The normalized spacial score (nSPS) is 28.5. The molecule has 0 saturated heterocycles. The number of aliphatic carboxylic acids is 1. The second kappa shape index (κ2) is 10.0. The summed E-state index contributed by atoms with van der Waals surface area (Å²) in [5, 5.41) is 8.72. The summed E-state index contributed by atoms with van der Waals surface area (Å²) in [5.74, 6) is 2.11. The summed E-state index contributed by atoms with van der Waals surface area (Å²) in [4.78, 5) is 10.6. The van der Waals surface area contributed by atoms with Crippen LogP contribution in [0.1, 0.15) is 69.3 Å². The van der Waals surface area contributed by atoms with Gasteiger partial charge in [-0.3, -0.25) is 4.79 Å². The van der Waals surface area contributed by atoms with Crippen LogP contribution in [0.15, 0.2) is 36.4 Å². The fraction of sp³-hybridized carbons (Fsp3) is 0.609. The molecule has 1 N–H and O–H groups in total. The van der Waals surface area contributed by atoms with Crippen LogP contribution in [0.2, 0.25) is 0 Å². The van der Waals surface area contributed by atoms with Crippen molar-refractivity contribution in [1.82, 2.24) is 0 Å². The van der Waals surface area contributed by atoms with Crippen LogP contribution < -0.4 is 4.74 Å². The van der Waals surface area contributed by atoms with E-state index in [0.717, 1.165) is 24.7 Å². The van der Waals surface area contributed by atoms with Crippen molar-refractivity contribution < 1.29 is 23.4 Å². The van der Waals surface area contributed by atoms with Crippen molar-refractivity contribution >= 4 is 5.97 Å². The number of ether oxygens (including phenoxy) is 1. The number of carbonyl (C=O) groups is 1. The smallest absolute Gasteiger partial charge is 0.387 e. The van der Waals surface area contributed by atoms with E-state index in [-0.39, 0.29) is 12.2 Å². The average Bonchev–Trinajstić information content (AvgIpc) is 2.69. The second-order valence-electron chi connectivity index (χ2n) is 8.26. The Kier molecular flexibility index (Phi) is 7.46. The molecule has 3 rings (SSSR count). The van der Waals surface area contributed by atoms with Crippen LogP contribution in [-0.2, 0) is 4.79 Å². The van der Waals surface area contributed by atoms with Gasteiger partial charge in [0.05, 0.1) is 6.42 Å². The van der Waals surface area contributed by atoms with Crippen molar-refractivity contribution in [2.24, 2.45) is 17.8 Å². The number of hydrogen-bond donors (Lipinski definition) is 1. The van der Waals surface area contributed by atoms with Crippen LogP contribution in [0.5, 0.6) is 5.75 Å². The van der Waals surface area contributed by atoms with Gasteiger partial charge in [0.1, 0.15) is 5.75 Å². The minimum atomic E-state index is -2.77. The lowest BCUT2D eigenvalue weighted by Gasteiger charge is -2.37. The maximum Gasteiger partial charge on any atom is 0.387 e. The van der Waals surface area contributed by atoms with Gasteiger partial charge in [-0.05, 0) is 92.7 Å². The summed E-state index contributed by atoms with van der Waals surface area (Å²) in [6.07, 6.45) is 13.7. The number of benzene rings is 1. The number of rotatable bonds is 7. The van der Waals surface area contributed by atoms with Crippen LogP contribution in [0.4, 0.5) is 8.78 Å². The summed E-state index contributed by atoms with van der Waals surface area (Å²) < 4.78 is 29.0. The average molecular weight is 392 g/mol. The molecule has 2 aliphatic rings. The Hall–Kier alpha value is -1.91. The summed E-state index contributed by atoms with van der Waals surface area (Å²) in [6, 6.07) is 7.15. The monoisotopic (exact) mass is 392 g/mol. The zero-order valence-electron chi connectivity index (χ0n) is 16.2. The molecule has 0 radical (unpaired) electrons. The van der Waals surface area contributed by atoms with Gasteiger partial charge in [0, 0.05) is 0 Å². The van der Waals surface area contributed by atoms with Crippen LogP contribution in [0.25, 0.3) is 0 Å². The highest BCUT2D eigenvalue weighted by Gasteiger charge is 2.30. The van der Waals surface area contributed by atoms with E-state index in [1.54, 1.807) is 18.2 Å². The first-order valence-electron chi connectivity index (χ1n) is 10.4. The first-order valence-corrected chi connectivity index (χ1v) is 10.4. The molecule has 0 spiro atoms. The highest BCUT2D eigenvalue weighted by molar-refractivity contribution is 5.68. The molecular weight excluding hydrogens is 362 g/mol. The Morgan fingerprint density at radius 1 is 1.00 bits per heavy atom. The van der Waals surface area contributed by atoms with E-state index >= 15 is 0 Å². The van der Waals surface area contributed by atoms with Crippen LogP contribution in [0, 0.1) is 17.8 Å². The topological polar surface area (TPSA) is 46.5 Å². The molecule has 0 aliphatic heterocycles. The molecule has 3 nitrogen and oxygen atoms in total. The summed E-state index contributed by atoms with van der Waals surface area (Å²) in [7, 11) is 0. The fourth-order valence-electron chi connectivity index (χ4n) is 5.02. The molecular formula is C23H30F2O3. The molecule has 2 aliphatic carbocycles. The summed E-state index contributed by atoms with van der Waals surface area (Å²) in [5.41, 5.74) is 1.23. The van der Waals surface area contributed by atoms with Gasteiger partial charge in [-0.15, -0.1) is 0 Å². The van der Waals surface area contributed by atoms with E-state index < -0.39 is 12.6 Å². The number of carboxylic acids is 1. The van der Waals surface area contributed by atoms with Gasteiger partial charge in [0.25, 0.3) is 0 Å². The lowest BCUT2D eigenvalue weighted by atomic mass is 9.68. The summed E-state index contributed by atoms with van der Waals surface area (Å²) in [6.45, 7) is -2.77. The van der Waals surface area contributed by atoms with Crippen molar-refractivity contribution in [3.63, 3.8) is 0 Å². The van der Waals surface area contributed by atoms with E-state index in [2.05, 4.69) is 10.8 Å². The first kappa shape index (κ1) is 20.8. The van der Waals surface area contributed by atoms with E-state index in [4.69, 9.17) is 5.11 Å². The Bertz CT molecular complexity index is 640. The third kappa shape index (κ3) is 6.05. The molecule has 5 heteroatoms. The predicted molar refractivity (Wildman–Crippen MR) is 105 cm³/mol. The molecule has 1 aromatic carbocycles. The number of halogens is 2. The largest absolute Gasteiger partial charge is 0.481 e. The molecule has 0 heterocycles. The zero-order valence-corrected chi connectivity index (χ0v) is 16.2. The standard InChI is InChI=1S/C23H30F2O3/c24-23(25)28-21-14-12-20(13-15-21)19-10-8-18(9-11-19)17-6-4-16(5-7-17)2-1-3-22(26)27/h1-2,12-19,23H,3-11H2,(H,26,27). The Morgan fingerprint density at radius 3 is 2.11 bits per heavy atom. The molecule has 0 unspecified atom stereocenters. The minimum Gasteiger partial charge on any atom is -0.481 e. The molecule has 1 aromatic rings. The van der Waals surface area contributed by atoms with Crippen molar-refractivity contribution in [3.05, 3.63) is 42.0 Å². The SMILES string of the molecule is O=C(O)CC=CC1CCC(C2CCC(c3ccc(OC(F)F)cc3)CC2)CC1. The minimum absolute atomic E-state index is 0.124. The lowest BCUT2D eigenvalue weighted by Crippen LogP contribution is -2.25. The maximum absolute atomic E-state index is 12.3. The first-order chi connectivity index (χ1) is 13.5. The van der Waals surface area contributed by atoms with E-state index in [1.165, 1.54) is 44.1 Å². The van der Waals surface area contributed by atoms with E-state index in [1.807, 2.05) is 12.1 Å². The molecule has 154 valence electrons. The van der Waals surface area contributed by atoms with Gasteiger partial charge in [0.15, 0.2) is 0 Å². The third-order valence-corrected chi connectivity index (χ3v) is 6.53. The molecule has 2 saturated carbocycles. The van der Waals surface area contributed by atoms with Gasteiger partial charge in [-0.25, -0.2) is 0 Å². The van der Waals surface area contributed by atoms with Crippen molar-refractivity contribution in [2.45, 2.75) is 70.3 Å². The maximum atomic E-state index is 12.3. The zero-order chi connectivity index (χ0) is 19.9. The Morgan fingerprint density at radius 2 is 1.57 bits per heavy atom. The van der Waals surface area contributed by atoms with Crippen LogP contribution in [0.3, 0.4) is 0 Å². The van der Waals surface area contributed by atoms with Crippen molar-refractivity contribution in [2.75, 3.05) is 0 Å². The van der Waals surface area contributed by atoms with Gasteiger partial charge < -0.3 is 9.84 Å². The van der Waals surface area contributed by atoms with Gasteiger partial charge in [-0.1, -0.05) is 24.3 Å². The summed E-state index contributed by atoms with van der Waals surface area (Å²) >= 11 is 0. The van der Waals surface area contributed by atoms with E-state index in [9.17, 15) is 13.6 Å². The van der Waals surface area contributed by atoms with Gasteiger partial charge in [-0.2, -0.15) is 8.78 Å². The Labute approximate surface area is 165 Å². The van der Waals surface area contributed by atoms with Crippen LogP contribution >= 0.6 is 0 Å². The van der Waals surface area contributed by atoms with Gasteiger partial charge in [0.2, 0.25) is 0 Å². The Balaban J connectivity index is 1.42. The molecule has 0 bridgehead atoms. The molecule has 0 aromatic heterocycles. The second-order valence-corrected chi connectivity index (χ2v) is 8.26. The quantitative estimate of drug-likeness (QED) is 0.546. The number of alkyl halides is 2. The van der Waals surface area contributed by atoms with Crippen LogP contribution in [-0.4, -0.2) is 17.7 Å². The molecule has 0 atom stereocenters. The highest BCUT2D eigenvalue weighted by atomic mass is 19.3. The number of allylic oxidation sites excluding steroid dienone is 1. The van der Waals surface area contributed by atoms with Crippen molar-refractivity contribution in [1.29, 1.82) is 0 Å². The number of hydrogen-bond acceptors (Lipinski definition) is 2. The predicted octanol–water partition coefficient (Wildman–Crippen LogP) is 6.40. The highest BCUT2D eigenvalue weighted by Crippen LogP contribution is 2.44. The molecule has 0 amide bonds. The molecule has 28 heavy (non-hydrogen) atoms. The lowest BCUT2D eigenvalue weighted by molar-refractivity contribution is -0.136. The van der Waals surface area contributed by atoms with E-state index in [0.29, 0.717) is 11.8 Å². The van der Waals surface area contributed by atoms with Gasteiger partial charge >= 0.3 is 12.6 Å².